The zero-order valence-corrected chi connectivity index (χ0v) is 12.4. The Morgan fingerprint density at radius 1 is 1.21 bits per heavy atom. The molecule has 0 N–H and O–H groups in total. The molecule has 0 aliphatic heterocycles. The second kappa shape index (κ2) is 4.87. The van der Waals surface area contributed by atoms with Gasteiger partial charge in [-0.25, -0.2) is 4.52 Å². The Labute approximate surface area is 123 Å². The topological polar surface area (TPSA) is 26.5 Å². The highest BCUT2D eigenvalue weighted by Crippen LogP contribution is 2.30. The number of hydrogen-bond donors (Lipinski definition) is 0. The number of ether oxygens (including phenoxy) is 1. The number of methoxy groups -OCH3 is 1. The van der Waals surface area contributed by atoms with Crippen molar-refractivity contribution in [2.24, 2.45) is 0 Å². The molecule has 0 bridgehead atoms. The number of halogens is 2. The molecule has 0 fully saturated rings. The zero-order chi connectivity index (χ0) is 13.4. The van der Waals surface area contributed by atoms with E-state index in [0.717, 1.165) is 27.0 Å². The predicted octanol–water partition coefficient (Wildman–Crippen LogP) is 4.43. The molecule has 0 aliphatic carbocycles. The van der Waals surface area contributed by atoms with Gasteiger partial charge in [-0.3, -0.25) is 0 Å². The summed E-state index contributed by atoms with van der Waals surface area (Å²) in [5.41, 5.74) is 2.85. The maximum absolute atomic E-state index is 6.11. The molecular formula is C14H10BrClN2O. The van der Waals surface area contributed by atoms with Crippen LogP contribution in [0.15, 0.2) is 46.9 Å². The summed E-state index contributed by atoms with van der Waals surface area (Å²) in [7, 11) is 1.64. The Hall–Kier alpha value is -1.52. The number of pyridine rings is 1. The number of aromatic nitrogens is 2. The molecule has 0 amide bonds. The number of nitrogens with zero attached hydrogens (tertiary/aromatic N) is 2. The van der Waals surface area contributed by atoms with Crippen LogP contribution in [0.1, 0.15) is 0 Å². The molecule has 2 heterocycles. The highest BCUT2D eigenvalue weighted by atomic mass is 79.9. The molecular weight excluding hydrogens is 328 g/mol. The lowest BCUT2D eigenvalue weighted by molar-refractivity contribution is 0.412. The first-order valence-corrected chi connectivity index (χ1v) is 6.84. The van der Waals surface area contributed by atoms with Gasteiger partial charge in [0.05, 0.1) is 22.8 Å². The van der Waals surface area contributed by atoms with Crippen molar-refractivity contribution in [3.8, 4) is 17.0 Å². The Bertz CT molecular complexity index is 754. The van der Waals surface area contributed by atoms with Crippen LogP contribution < -0.4 is 4.74 Å². The number of rotatable bonds is 2. The van der Waals surface area contributed by atoms with E-state index in [9.17, 15) is 0 Å². The van der Waals surface area contributed by atoms with E-state index in [-0.39, 0.29) is 0 Å². The summed E-state index contributed by atoms with van der Waals surface area (Å²) >= 11 is 9.59. The number of benzene rings is 1. The molecule has 3 rings (SSSR count). The first kappa shape index (κ1) is 12.5. The maximum atomic E-state index is 6.11. The highest BCUT2D eigenvalue weighted by Gasteiger charge is 2.08. The number of fused-ring (bicyclic) bond motifs is 1. The molecule has 0 saturated heterocycles. The van der Waals surface area contributed by atoms with Crippen molar-refractivity contribution in [3.05, 3.63) is 52.1 Å². The molecule has 0 radical (unpaired) electrons. The van der Waals surface area contributed by atoms with E-state index >= 15 is 0 Å². The molecule has 96 valence electrons. The van der Waals surface area contributed by atoms with Crippen LogP contribution in [-0.4, -0.2) is 16.7 Å². The van der Waals surface area contributed by atoms with Crippen molar-refractivity contribution >= 4 is 33.0 Å². The third-order valence-corrected chi connectivity index (χ3v) is 3.79. The molecule has 19 heavy (non-hydrogen) atoms. The number of hydrogen-bond acceptors (Lipinski definition) is 2. The third kappa shape index (κ3) is 2.22. The highest BCUT2D eigenvalue weighted by molar-refractivity contribution is 9.10. The van der Waals surface area contributed by atoms with Crippen molar-refractivity contribution in [2.75, 3.05) is 7.11 Å². The van der Waals surface area contributed by atoms with Gasteiger partial charge in [0, 0.05) is 5.56 Å². The fourth-order valence-electron chi connectivity index (χ4n) is 1.95. The minimum absolute atomic E-state index is 0.594. The molecule has 0 atom stereocenters. The predicted molar refractivity (Wildman–Crippen MR) is 79.9 cm³/mol. The van der Waals surface area contributed by atoms with Gasteiger partial charge in [0.15, 0.2) is 0 Å². The zero-order valence-electron chi connectivity index (χ0n) is 10.1. The molecule has 1 aromatic carbocycles. The minimum atomic E-state index is 0.594. The van der Waals surface area contributed by atoms with Crippen LogP contribution in [0, 0.1) is 0 Å². The van der Waals surface area contributed by atoms with Crippen LogP contribution in [0.4, 0.5) is 0 Å². The van der Waals surface area contributed by atoms with Gasteiger partial charge in [-0.1, -0.05) is 17.7 Å². The van der Waals surface area contributed by atoms with E-state index in [1.165, 1.54) is 0 Å². The smallest absolute Gasteiger partial charge is 0.133 e. The van der Waals surface area contributed by atoms with Crippen molar-refractivity contribution < 1.29 is 4.74 Å². The Balaban J connectivity index is 2.14. The standard InChI is InChI=1S/C14H10BrClN2O/c1-19-13-6-5-9(7-11(13)15)12-8-10-3-2-4-14(16)18(10)17-12/h2-8H,1H3. The minimum Gasteiger partial charge on any atom is -0.496 e. The third-order valence-electron chi connectivity index (χ3n) is 2.89. The molecule has 3 aromatic rings. The fourth-order valence-corrected chi connectivity index (χ4v) is 2.70. The van der Waals surface area contributed by atoms with Gasteiger partial charge in [-0.2, -0.15) is 5.10 Å². The largest absolute Gasteiger partial charge is 0.496 e. The fraction of sp³-hybridized carbons (Fsp3) is 0.0714. The van der Waals surface area contributed by atoms with E-state index < -0.39 is 0 Å². The van der Waals surface area contributed by atoms with Crippen LogP contribution in [0.3, 0.4) is 0 Å². The summed E-state index contributed by atoms with van der Waals surface area (Å²) in [5, 5.41) is 5.10. The summed E-state index contributed by atoms with van der Waals surface area (Å²) in [5.74, 6) is 0.797. The van der Waals surface area contributed by atoms with Gasteiger partial charge in [0.2, 0.25) is 0 Å². The van der Waals surface area contributed by atoms with Gasteiger partial charge in [-0.05, 0) is 52.3 Å². The summed E-state index contributed by atoms with van der Waals surface area (Å²) < 4.78 is 7.84. The molecule has 0 aliphatic rings. The van der Waals surface area contributed by atoms with Gasteiger partial charge >= 0.3 is 0 Å². The Kier molecular flexibility index (Phi) is 3.21. The lowest BCUT2D eigenvalue weighted by Gasteiger charge is -2.04. The molecule has 2 aromatic heterocycles. The van der Waals surface area contributed by atoms with Crippen LogP contribution in [-0.2, 0) is 0 Å². The van der Waals surface area contributed by atoms with Crippen molar-refractivity contribution in [2.45, 2.75) is 0 Å². The molecule has 0 unspecified atom stereocenters. The van der Waals surface area contributed by atoms with E-state index in [1.54, 1.807) is 11.6 Å². The quantitative estimate of drug-likeness (QED) is 0.647. The monoisotopic (exact) mass is 336 g/mol. The van der Waals surface area contributed by atoms with Gasteiger partial charge in [0.1, 0.15) is 10.9 Å². The second-order valence-corrected chi connectivity index (χ2v) is 5.31. The van der Waals surface area contributed by atoms with E-state index in [1.807, 2.05) is 42.5 Å². The van der Waals surface area contributed by atoms with Crippen molar-refractivity contribution in [3.63, 3.8) is 0 Å². The molecule has 3 nitrogen and oxygen atoms in total. The summed E-state index contributed by atoms with van der Waals surface area (Å²) in [6.07, 6.45) is 0. The van der Waals surface area contributed by atoms with Crippen molar-refractivity contribution in [1.82, 2.24) is 9.61 Å². The summed E-state index contributed by atoms with van der Waals surface area (Å²) in [6, 6.07) is 13.6. The SMILES string of the molecule is COc1ccc(-c2cc3cccc(Cl)n3n2)cc1Br. The molecule has 0 saturated carbocycles. The van der Waals surface area contributed by atoms with E-state index in [2.05, 4.69) is 21.0 Å². The molecule has 0 spiro atoms. The first-order valence-electron chi connectivity index (χ1n) is 5.67. The van der Waals surface area contributed by atoms with Gasteiger partial charge in [0.25, 0.3) is 0 Å². The van der Waals surface area contributed by atoms with Crippen molar-refractivity contribution in [1.29, 1.82) is 0 Å². The Morgan fingerprint density at radius 3 is 2.74 bits per heavy atom. The lowest BCUT2D eigenvalue weighted by Crippen LogP contribution is -1.89. The van der Waals surface area contributed by atoms with E-state index in [4.69, 9.17) is 16.3 Å². The average Bonchev–Trinajstić information content (AvgIpc) is 2.84. The summed E-state index contributed by atoms with van der Waals surface area (Å²) in [6.45, 7) is 0. The van der Waals surface area contributed by atoms with Crippen LogP contribution in [0.25, 0.3) is 16.8 Å². The maximum Gasteiger partial charge on any atom is 0.133 e. The molecule has 5 heteroatoms. The normalized spacial score (nSPS) is 10.9. The average molecular weight is 338 g/mol. The Morgan fingerprint density at radius 2 is 2.05 bits per heavy atom. The van der Waals surface area contributed by atoms with Crippen LogP contribution in [0.5, 0.6) is 5.75 Å². The lowest BCUT2D eigenvalue weighted by atomic mass is 10.1. The summed E-state index contributed by atoms with van der Waals surface area (Å²) in [4.78, 5) is 0. The second-order valence-electron chi connectivity index (χ2n) is 4.06. The van der Waals surface area contributed by atoms with Crippen LogP contribution >= 0.6 is 27.5 Å². The van der Waals surface area contributed by atoms with E-state index in [0.29, 0.717) is 5.15 Å². The first-order chi connectivity index (χ1) is 9.19. The van der Waals surface area contributed by atoms with Gasteiger partial charge < -0.3 is 4.74 Å². The van der Waals surface area contributed by atoms with Crippen LogP contribution in [0.2, 0.25) is 5.15 Å². The van der Waals surface area contributed by atoms with Gasteiger partial charge in [-0.15, -0.1) is 0 Å².